The second kappa shape index (κ2) is 4.59. The molecule has 0 radical (unpaired) electrons. The smallest absolute Gasteiger partial charge is 0.242 e. The molecule has 1 rings (SSSR count). The molecule has 15 heavy (non-hydrogen) atoms. The first kappa shape index (κ1) is 11.9. The summed E-state index contributed by atoms with van der Waals surface area (Å²) in [6.07, 6.45) is 2.38. The highest BCUT2D eigenvalue weighted by Gasteiger charge is 2.14. The van der Waals surface area contributed by atoms with Gasteiger partial charge in [0.2, 0.25) is 10.0 Å². The Balaban J connectivity index is 2.87. The van der Waals surface area contributed by atoms with Gasteiger partial charge in [-0.05, 0) is 5.92 Å². The molecule has 1 aromatic rings. The van der Waals surface area contributed by atoms with Gasteiger partial charge in [-0.1, -0.05) is 13.8 Å². The third kappa shape index (κ3) is 3.49. The van der Waals surface area contributed by atoms with Crippen LogP contribution in [0.25, 0.3) is 0 Å². The molecule has 0 spiro atoms. The quantitative estimate of drug-likeness (QED) is 0.798. The Bertz CT molecular complexity index is 429. The third-order valence-corrected chi connectivity index (χ3v) is 3.08. The number of nitrogens with zero attached hydrogens (tertiary/aromatic N) is 1. The zero-order valence-electron chi connectivity index (χ0n) is 8.64. The predicted molar refractivity (Wildman–Crippen MR) is 55.9 cm³/mol. The molecule has 0 fully saturated rings. The molecule has 0 atom stereocenters. The molecule has 0 saturated carbocycles. The topological polar surface area (TPSA) is 79.3 Å². The molecule has 0 aliphatic carbocycles. The average Bonchev–Trinajstić information content (AvgIpc) is 2.15. The van der Waals surface area contributed by atoms with Gasteiger partial charge in [0.25, 0.3) is 0 Å². The van der Waals surface area contributed by atoms with Crippen LogP contribution in [-0.4, -0.2) is 25.1 Å². The second-order valence-corrected chi connectivity index (χ2v) is 5.39. The number of pyridine rings is 1. The molecule has 1 aromatic heterocycles. The maximum atomic E-state index is 11.6. The molecule has 0 aliphatic heterocycles. The summed E-state index contributed by atoms with van der Waals surface area (Å²) in [5.74, 6) is 0.0625. The second-order valence-electron chi connectivity index (χ2n) is 3.62. The Labute approximate surface area is 89.2 Å². The lowest BCUT2D eigenvalue weighted by atomic mass is 10.2. The molecule has 84 valence electrons. The lowest BCUT2D eigenvalue weighted by molar-refractivity contribution is 0.470. The van der Waals surface area contributed by atoms with Crippen molar-refractivity contribution < 1.29 is 13.5 Å². The van der Waals surface area contributed by atoms with Crippen LogP contribution >= 0.6 is 0 Å². The van der Waals surface area contributed by atoms with Crippen LogP contribution < -0.4 is 4.72 Å². The summed E-state index contributed by atoms with van der Waals surface area (Å²) in [6, 6.07) is 1.16. The summed E-state index contributed by atoms with van der Waals surface area (Å²) in [6.45, 7) is 4.17. The zero-order chi connectivity index (χ0) is 11.5. The van der Waals surface area contributed by atoms with Crippen molar-refractivity contribution in [2.24, 2.45) is 5.92 Å². The highest BCUT2D eigenvalue weighted by molar-refractivity contribution is 7.89. The number of hydrogen-bond acceptors (Lipinski definition) is 4. The summed E-state index contributed by atoms with van der Waals surface area (Å²) in [7, 11) is -3.55. The molecule has 5 nitrogen and oxygen atoms in total. The van der Waals surface area contributed by atoms with E-state index < -0.39 is 10.0 Å². The van der Waals surface area contributed by atoms with Gasteiger partial charge in [0, 0.05) is 18.8 Å². The van der Waals surface area contributed by atoms with Crippen molar-refractivity contribution in [1.29, 1.82) is 0 Å². The largest absolute Gasteiger partial charge is 0.506 e. The van der Waals surface area contributed by atoms with E-state index in [1.165, 1.54) is 12.4 Å². The maximum absolute atomic E-state index is 11.6. The first-order chi connectivity index (χ1) is 6.92. The van der Waals surface area contributed by atoms with E-state index in [0.29, 0.717) is 6.54 Å². The van der Waals surface area contributed by atoms with Crippen LogP contribution in [0, 0.1) is 5.92 Å². The van der Waals surface area contributed by atoms with Gasteiger partial charge in [-0.3, -0.25) is 4.98 Å². The SMILES string of the molecule is CC(C)CNS(=O)(=O)c1cncc(O)c1. The molecule has 0 amide bonds. The van der Waals surface area contributed by atoms with E-state index >= 15 is 0 Å². The maximum Gasteiger partial charge on any atom is 0.242 e. The Kier molecular flexibility index (Phi) is 3.65. The van der Waals surface area contributed by atoms with Gasteiger partial charge in [0.05, 0.1) is 6.20 Å². The summed E-state index contributed by atoms with van der Waals surface area (Å²) in [5, 5.41) is 9.10. The lowest BCUT2D eigenvalue weighted by Gasteiger charge is -2.08. The van der Waals surface area contributed by atoms with E-state index in [-0.39, 0.29) is 16.6 Å². The van der Waals surface area contributed by atoms with Crippen LogP contribution in [0.4, 0.5) is 0 Å². The molecule has 1 heterocycles. The molecule has 0 aliphatic rings. The molecule has 0 saturated heterocycles. The first-order valence-corrected chi connectivity index (χ1v) is 6.04. The number of rotatable bonds is 4. The molecular weight excluding hydrogens is 216 g/mol. The third-order valence-electron chi connectivity index (χ3n) is 1.69. The fourth-order valence-corrected chi connectivity index (χ4v) is 2.11. The van der Waals surface area contributed by atoms with E-state index in [4.69, 9.17) is 5.11 Å². The van der Waals surface area contributed by atoms with Crippen LogP contribution in [0.15, 0.2) is 23.4 Å². The number of sulfonamides is 1. The van der Waals surface area contributed by atoms with E-state index in [9.17, 15) is 8.42 Å². The highest BCUT2D eigenvalue weighted by atomic mass is 32.2. The van der Waals surface area contributed by atoms with Gasteiger partial charge in [-0.2, -0.15) is 0 Å². The first-order valence-electron chi connectivity index (χ1n) is 4.55. The van der Waals surface area contributed by atoms with Crippen molar-refractivity contribution in [1.82, 2.24) is 9.71 Å². The van der Waals surface area contributed by atoms with Crippen molar-refractivity contribution in [2.45, 2.75) is 18.7 Å². The van der Waals surface area contributed by atoms with Gasteiger partial charge in [-0.15, -0.1) is 0 Å². The summed E-state index contributed by atoms with van der Waals surface area (Å²) in [5.41, 5.74) is 0. The van der Waals surface area contributed by atoms with Crippen LogP contribution in [0.1, 0.15) is 13.8 Å². The van der Waals surface area contributed by atoms with Crippen molar-refractivity contribution >= 4 is 10.0 Å². The Hall–Kier alpha value is -1.14. The van der Waals surface area contributed by atoms with Crippen LogP contribution in [0.2, 0.25) is 0 Å². The number of nitrogens with one attached hydrogen (secondary N) is 1. The molecule has 6 heteroatoms. The van der Waals surface area contributed by atoms with Crippen molar-refractivity contribution in [3.8, 4) is 5.75 Å². The Morgan fingerprint density at radius 1 is 1.47 bits per heavy atom. The number of aromatic hydroxyl groups is 1. The van der Waals surface area contributed by atoms with Gasteiger partial charge in [0.15, 0.2) is 0 Å². The van der Waals surface area contributed by atoms with Crippen LogP contribution in [0.3, 0.4) is 0 Å². The van der Waals surface area contributed by atoms with Crippen molar-refractivity contribution in [3.63, 3.8) is 0 Å². The normalized spacial score (nSPS) is 11.9. The molecule has 0 aromatic carbocycles. The number of hydrogen-bond donors (Lipinski definition) is 2. The van der Waals surface area contributed by atoms with Gasteiger partial charge < -0.3 is 5.11 Å². The van der Waals surface area contributed by atoms with Crippen LogP contribution in [-0.2, 0) is 10.0 Å². The van der Waals surface area contributed by atoms with Crippen molar-refractivity contribution in [2.75, 3.05) is 6.54 Å². The summed E-state index contributed by atoms with van der Waals surface area (Å²) in [4.78, 5) is 3.58. The fourth-order valence-electron chi connectivity index (χ4n) is 0.914. The predicted octanol–water partition coefficient (Wildman–Crippen LogP) is 0.722. The summed E-state index contributed by atoms with van der Waals surface area (Å²) < 4.78 is 25.7. The Morgan fingerprint density at radius 2 is 2.13 bits per heavy atom. The standard InChI is InChI=1S/C9H14N2O3S/c1-7(2)4-11-15(13,14)9-3-8(12)5-10-6-9/h3,5-7,11-12H,4H2,1-2H3. The van der Waals surface area contributed by atoms with Crippen molar-refractivity contribution in [3.05, 3.63) is 18.5 Å². The van der Waals surface area contributed by atoms with Gasteiger partial charge in [-0.25, -0.2) is 13.1 Å². The molecule has 0 bridgehead atoms. The van der Waals surface area contributed by atoms with Gasteiger partial charge in [0.1, 0.15) is 10.6 Å². The number of aromatic nitrogens is 1. The van der Waals surface area contributed by atoms with E-state index in [1.807, 2.05) is 13.8 Å². The van der Waals surface area contributed by atoms with E-state index in [1.54, 1.807) is 0 Å². The Morgan fingerprint density at radius 3 is 2.67 bits per heavy atom. The minimum atomic E-state index is -3.55. The lowest BCUT2D eigenvalue weighted by Crippen LogP contribution is -2.27. The zero-order valence-corrected chi connectivity index (χ0v) is 9.45. The minimum Gasteiger partial charge on any atom is -0.506 e. The van der Waals surface area contributed by atoms with E-state index in [0.717, 1.165) is 6.07 Å². The molecular formula is C9H14N2O3S. The average molecular weight is 230 g/mol. The van der Waals surface area contributed by atoms with Gasteiger partial charge >= 0.3 is 0 Å². The molecule has 0 unspecified atom stereocenters. The monoisotopic (exact) mass is 230 g/mol. The molecule has 2 N–H and O–H groups in total. The van der Waals surface area contributed by atoms with E-state index in [2.05, 4.69) is 9.71 Å². The highest BCUT2D eigenvalue weighted by Crippen LogP contribution is 2.13. The van der Waals surface area contributed by atoms with Crippen LogP contribution in [0.5, 0.6) is 5.75 Å². The summed E-state index contributed by atoms with van der Waals surface area (Å²) >= 11 is 0. The minimum absolute atomic E-state index is 0.0249. The fraction of sp³-hybridized carbons (Fsp3) is 0.444.